The summed E-state index contributed by atoms with van der Waals surface area (Å²) >= 11 is 3.17. The van der Waals surface area contributed by atoms with Crippen molar-refractivity contribution < 1.29 is 22.3 Å². The molecule has 1 aromatic carbocycles. The Morgan fingerprint density at radius 1 is 1.05 bits per heavy atom. The number of hydrogen-bond acceptors (Lipinski definition) is 3. The summed E-state index contributed by atoms with van der Waals surface area (Å²) in [5.74, 6) is -6.29. The summed E-state index contributed by atoms with van der Waals surface area (Å²) in [5, 5.41) is 2.26. The van der Waals surface area contributed by atoms with Gasteiger partial charge in [0.1, 0.15) is 11.4 Å². The van der Waals surface area contributed by atoms with Gasteiger partial charge >= 0.3 is 0 Å². The van der Waals surface area contributed by atoms with Crippen LogP contribution in [0.15, 0.2) is 22.7 Å². The fourth-order valence-electron chi connectivity index (χ4n) is 1.49. The topological polar surface area (TPSA) is 34.1 Å². The van der Waals surface area contributed by atoms with Crippen molar-refractivity contribution in [1.82, 2.24) is 4.98 Å². The third kappa shape index (κ3) is 2.84. The summed E-state index contributed by atoms with van der Waals surface area (Å²) in [6.07, 6.45) is 0. The van der Waals surface area contributed by atoms with Gasteiger partial charge in [-0.05, 0) is 12.1 Å². The van der Waals surface area contributed by atoms with Crippen LogP contribution in [0, 0.1) is 23.5 Å². The van der Waals surface area contributed by atoms with Crippen LogP contribution in [0.3, 0.4) is 0 Å². The van der Waals surface area contributed by atoms with Crippen LogP contribution in [-0.4, -0.2) is 12.1 Å². The average Bonchev–Trinajstić information content (AvgIpc) is 2.40. The Balaban J connectivity index is 2.47. The highest BCUT2D eigenvalue weighted by Gasteiger charge is 2.21. The highest BCUT2D eigenvalue weighted by molar-refractivity contribution is 9.10. The van der Waals surface area contributed by atoms with Crippen LogP contribution < -0.4 is 10.1 Å². The van der Waals surface area contributed by atoms with Gasteiger partial charge in [0, 0.05) is 16.2 Å². The third-order valence-electron chi connectivity index (χ3n) is 2.37. The van der Waals surface area contributed by atoms with Crippen LogP contribution in [0.4, 0.5) is 28.9 Å². The first-order valence-corrected chi connectivity index (χ1v) is 6.03. The fraction of sp³-hybridized carbons (Fsp3) is 0.0833. The predicted molar refractivity (Wildman–Crippen MR) is 68.0 cm³/mol. The molecule has 1 heterocycles. The summed E-state index contributed by atoms with van der Waals surface area (Å²) in [5.41, 5.74) is -0.783. The second-order valence-corrected chi connectivity index (χ2v) is 4.62. The van der Waals surface area contributed by atoms with Crippen LogP contribution in [0.2, 0.25) is 0 Å². The SMILES string of the molecule is COc1cc(Br)cc(Nc2c(F)c(F)nc(F)c2F)c1. The molecule has 0 fully saturated rings. The number of nitrogens with one attached hydrogen (secondary N) is 1. The Kier molecular flexibility index (Phi) is 4.12. The van der Waals surface area contributed by atoms with Crippen LogP contribution in [-0.2, 0) is 0 Å². The Morgan fingerprint density at radius 2 is 1.65 bits per heavy atom. The lowest BCUT2D eigenvalue weighted by Crippen LogP contribution is -2.06. The van der Waals surface area contributed by atoms with E-state index in [1.54, 1.807) is 6.07 Å². The van der Waals surface area contributed by atoms with Gasteiger partial charge in [-0.1, -0.05) is 15.9 Å². The summed E-state index contributed by atoms with van der Waals surface area (Å²) < 4.78 is 58.4. The maximum absolute atomic E-state index is 13.5. The number of aromatic nitrogens is 1. The van der Waals surface area contributed by atoms with Gasteiger partial charge in [-0.3, -0.25) is 0 Å². The first kappa shape index (κ1) is 14.6. The molecular formula is C12H7BrF4N2O. The average molecular weight is 351 g/mol. The van der Waals surface area contributed by atoms with Gasteiger partial charge < -0.3 is 10.1 Å². The molecule has 1 aromatic heterocycles. The first-order chi connectivity index (χ1) is 9.42. The largest absolute Gasteiger partial charge is 0.497 e. The molecule has 0 aliphatic heterocycles. The summed E-state index contributed by atoms with van der Waals surface area (Å²) in [6.45, 7) is 0. The maximum atomic E-state index is 13.5. The molecule has 0 bridgehead atoms. The lowest BCUT2D eigenvalue weighted by atomic mass is 10.2. The molecule has 3 nitrogen and oxygen atoms in total. The first-order valence-electron chi connectivity index (χ1n) is 5.24. The van der Waals surface area contributed by atoms with E-state index in [9.17, 15) is 17.6 Å². The molecule has 2 aromatic rings. The van der Waals surface area contributed by atoms with Crippen LogP contribution in [0.1, 0.15) is 0 Å². The number of pyridine rings is 1. The number of nitrogens with zero attached hydrogens (tertiary/aromatic N) is 1. The predicted octanol–water partition coefficient (Wildman–Crippen LogP) is 4.15. The molecule has 1 N–H and O–H groups in total. The quantitative estimate of drug-likeness (QED) is 0.666. The molecule has 0 saturated carbocycles. The van der Waals surface area contributed by atoms with Crippen LogP contribution >= 0.6 is 15.9 Å². The Labute approximate surface area is 119 Å². The van der Waals surface area contributed by atoms with Gasteiger partial charge in [0.15, 0.2) is 0 Å². The highest BCUT2D eigenvalue weighted by Crippen LogP contribution is 2.30. The van der Waals surface area contributed by atoms with E-state index in [1.165, 1.54) is 19.2 Å². The van der Waals surface area contributed by atoms with E-state index in [1.807, 2.05) is 0 Å². The van der Waals surface area contributed by atoms with Gasteiger partial charge in [-0.2, -0.15) is 22.5 Å². The van der Waals surface area contributed by atoms with Crippen molar-refractivity contribution in [2.45, 2.75) is 0 Å². The number of anilines is 2. The van der Waals surface area contributed by atoms with E-state index in [4.69, 9.17) is 4.74 Å². The minimum atomic E-state index is -1.73. The van der Waals surface area contributed by atoms with E-state index in [0.717, 1.165) is 0 Å². The monoisotopic (exact) mass is 350 g/mol. The van der Waals surface area contributed by atoms with Gasteiger partial charge in [0.05, 0.1) is 7.11 Å². The van der Waals surface area contributed by atoms with Crippen molar-refractivity contribution in [2.75, 3.05) is 12.4 Å². The second kappa shape index (κ2) is 5.66. The molecule has 2 rings (SSSR count). The lowest BCUT2D eigenvalue weighted by Gasteiger charge is -2.11. The van der Waals surface area contributed by atoms with Crippen molar-refractivity contribution in [3.63, 3.8) is 0 Å². The normalized spacial score (nSPS) is 10.5. The maximum Gasteiger partial charge on any atom is 0.253 e. The number of rotatable bonds is 3. The summed E-state index contributed by atoms with van der Waals surface area (Å²) in [7, 11) is 1.40. The second-order valence-electron chi connectivity index (χ2n) is 3.70. The number of ether oxygens (including phenoxy) is 1. The molecule has 0 spiro atoms. The van der Waals surface area contributed by atoms with Crippen molar-refractivity contribution in [3.8, 4) is 5.75 Å². The van der Waals surface area contributed by atoms with Crippen molar-refractivity contribution in [3.05, 3.63) is 46.2 Å². The molecule has 0 unspecified atom stereocenters. The van der Waals surface area contributed by atoms with Gasteiger partial charge in [0.25, 0.3) is 11.9 Å². The standard InChI is InChI=1S/C12H7BrF4N2O/c1-20-7-3-5(13)2-6(4-7)18-10-8(14)11(16)19-12(17)9(10)15/h2-4H,1H3,(H,18,19). The molecular weight excluding hydrogens is 344 g/mol. The van der Waals surface area contributed by atoms with E-state index < -0.39 is 29.2 Å². The van der Waals surface area contributed by atoms with Crippen LogP contribution in [0.5, 0.6) is 5.75 Å². The van der Waals surface area contributed by atoms with Gasteiger partial charge in [-0.15, -0.1) is 0 Å². The minimum absolute atomic E-state index is 0.180. The lowest BCUT2D eigenvalue weighted by molar-refractivity contribution is 0.411. The highest BCUT2D eigenvalue weighted by atomic mass is 79.9. The number of halogens is 5. The molecule has 0 amide bonds. The molecule has 0 aliphatic carbocycles. The molecule has 106 valence electrons. The van der Waals surface area contributed by atoms with Gasteiger partial charge in [0.2, 0.25) is 11.6 Å². The zero-order chi connectivity index (χ0) is 14.9. The zero-order valence-corrected chi connectivity index (χ0v) is 11.6. The number of benzene rings is 1. The summed E-state index contributed by atoms with van der Waals surface area (Å²) in [4.78, 5) is 2.47. The molecule has 20 heavy (non-hydrogen) atoms. The molecule has 0 saturated heterocycles. The van der Waals surface area contributed by atoms with Crippen LogP contribution in [0.25, 0.3) is 0 Å². The number of hydrogen-bond donors (Lipinski definition) is 1. The Bertz CT molecular complexity index is 640. The molecule has 8 heteroatoms. The fourth-order valence-corrected chi connectivity index (χ4v) is 1.97. The smallest absolute Gasteiger partial charge is 0.253 e. The molecule has 0 atom stereocenters. The van der Waals surface area contributed by atoms with E-state index in [0.29, 0.717) is 10.2 Å². The Morgan fingerprint density at radius 3 is 2.20 bits per heavy atom. The Hall–Kier alpha value is -1.83. The van der Waals surface area contributed by atoms with Crippen molar-refractivity contribution >= 4 is 27.3 Å². The van der Waals surface area contributed by atoms with Gasteiger partial charge in [-0.25, -0.2) is 0 Å². The number of methoxy groups -OCH3 is 1. The minimum Gasteiger partial charge on any atom is -0.497 e. The molecule has 0 aliphatic rings. The third-order valence-corrected chi connectivity index (χ3v) is 2.83. The summed E-state index contributed by atoms with van der Waals surface area (Å²) in [6, 6.07) is 4.46. The molecule has 0 radical (unpaired) electrons. The van der Waals surface area contributed by atoms with Crippen molar-refractivity contribution in [1.29, 1.82) is 0 Å². The van der Waals surface area contributed by atoms with E-state index >= 15 is 0 Å². The van der Waals surface area contributed by atoms with E-state index in [2.05, 4.69) is 26.2 Å². The van der Waals surface area contributed by atoms with Crippen molar-refractivity contribution in [2.24, 2.45) is 0 Å². The zero-order valence-electron chi connectivity index (χ0n) is 9.98. The van der Waals surface area contributed by atoms with E-state index in [-0.39, 0.29) is 5.69 Å².